The number of alkyl halides is 1. The fourth-order valence-electron chi connectivity index (χ4n) is 6.31. The lowest BCUT2D eigenvalue weighted by atomic mass is 9.89. The van der Waals surface area contributed by atoms with Gasteiger partial charge >= 0.3 is 0 Å². The number of anilines is 1. The van der Waals surface area contributed by atoms with Gasteiger partial charge in [-0.25, -0.2) is 23.4 Å². The average Bonchev–Trinajstić information content (AvgIpc) is 3.43. The molecule has 2 aromatic heterocycles. The van der Waals surface area contributed by atoms with Gasteiger partial charge in [0.25, 0.3) is 0 Å². The number of halogens is 2. The lowest BCUT2D eigenvalue weighted by Gasteiger charge is -2.35. The molecule has 2 saturated heterocycles. The molecule has 4 heterocycles. The Balaban J connectivity index is 1.07. The van der Waals surface area contributed by atoms with Crippen LogP contribution in [-0.4, -0.2) is 55.7 Å². The van der Waals surface area contributed by atoms with Crippen LogP contribution in [0.3, 0.4) is 0 Å². The molecule has 3 N–H and O–H groups in total. The molecule has 12 heteroatoms. The number of ether oxygens (including phenoxy) is 1. The van der Waals surface area contributed by atoms with Gasteiger partial charge in [0, 0.05) is 37.2 Å². The van der Waals surface area contributed by atoms with Gasteiger partial charge in [-0.15, -0.1) is 0 Å². The minimum atomic E-state index is -1.28. The van der Waals surface area contributed by atoms with Crippen LogP contribution in [0.4, 0.5) is 14.6 Å². The molecule has 10 nitrogen and oxygen atoms in total. The molecule has 0 spiro atoms. The Morgan fingerprint density at radius 1 is 0.978 bits per heavy atom. The predicted molar refractivity (Wildman–Crippen MR) is 167 cm³/mol. The fourth-order valence-corrected chi connectivity index (χ4v) is 6.31. The van der Waals surface area contributed by atoms with E-state index in [1.807, 2.05) is 59.5 Å². The largest absolute Gasteiger partial charge is 0.457 e. The van der Waals surface area contributed by atoms with Crippen LogP contribution in [0.2, 0.25) is 0 Å². The van der Waals surface area contributed by atoms with Gasteiger partial charge in [0.05, 0.1) is 17.3 Å². The quantitative estimate of drug-likeness (QED) is 0.234. The normalized spacial score (nSPS) is 20.5. The molecule has 3 atom stereocenters. The Hall–Kier alpha value is -5.23. The number of benzene rings is 3. The van der Waals surface area contributed by atoms with Crippen molar-refractivity contribution in [2.24, 2.45) is 0 Å². The van der Waals surface area contributed by atoms with Crippen LogP contribution in [0, 0.1) is 5.82 Å². The maximum Gasteiger partial charge on any atom is 0.234 e. The monoisotopic (exact) mass is 623 g/mol. The molecule has 2 aliphatic heterocycles. The Labute approximate surface area is 263 Å². The van der Waals surface area contributed by atoms with Gasteiger partial charge < -0.3 is 10.5 Å². The molecule has 2 fully saturated rings. The van der Waals surface area contributed by atoms with Crippen molar-refractivity contribution in [3.63, 3.8) is 0 Å². The van der Waals surface area contributed by atoms with E-state index < -0.39 is 29.9 Å². The van der Waals surface area contributed by atoms with E-state index in [0.29, 0.717) is 47.6 Å². The molecule has 7 rings (SSSR count). The van der Waals surface area contributed by atoms with Crippen molar-refractivity contribution in [3.8, 4) is 22.8 Å². The first-order chi connectivity index (χ1) is 22.3. The molecule has 5 aromatic rings. The van der Waals surface area contributed by atoms with E-state index >= 15 is 8.78 Å². The number of nitrogens with two attached hydrogens (primary N) is 1. The summed E-state index contributed by atoms with van der Waals surface area (Å²) in [6, 6.07) is 21.0. The van der Waals surface area contributed by atoms with Gasteiger partial charge in [-0.05, 0) is 60.9 Å². The number of fused-ring (bicyclic) bond motifs is 1. The van der Waals surface area contributed by atoms with Crippen LogP contribution in [0.5, 0.6) is 11.5 Å². The van der Waals surface area contributed by atoms with Crippen molar-refractivity contribution in [3.05, 3.63) is 96.1 Å². The number of hydrogen-bond donors (Lipinski definition) is 2. The summed E-state index contributed by atoms with van der Waals surface area (Å²) in [4.78, 5) is 34.2. The standard InChI is InChI=1S/C34H31F2N7O3/c35-26-16-20(6-11-24(26)25-12-13-29(44)40-34(25)45)17-42-15-14-28(27(36)18-42)43-33-30(32(37)38-19-39-33)31(41-43)21-7-9-23(10-8-21)46-22-4-2-1-3-5-22/h1-11,16,19,25,27-28H,12-15,17-18H2,(H2,37,38,39)(H,40,44,45)/t25?,27-,28+/m1/s1. The smallest absolute Gasteiger partial charge is 0.234 e. The summed E-state index contributed by atoms with van der Waals surface area (Å²) < 4.78 is 38.5. The molecule has 0 aliphatic carbocycles. The lowest BCUT2D eigenvalue weighted by Crippen LogP contribution is -2.42. The van der Waals surface area contributed by atoms with Crippen molar-refractivity contribution in [1.82, 2.24) is 30.0 Å². The maximum atomic E-state index is 15.9. The van der Waals surface area contributed by atoms with Gasteiger partial charge in [0.1, 0.15) is 41.3 Å². The highest BCUT2D eigenvalue weighted by Crippen LogP contribution is 2.36. The topological polar surface area (TPSA) is 128 Å². The summed E-state index contributed by atoms with van der Waals surface area (Å²) in [5, 5.41) is 7.65. The first kappa shape index (κ1) is 29.5. The first-order valence-electron chi connectivity index (χ1n) is 15.1. The summed E-state index contributed by atoms with van der Waals surface area (Å²) >= 11 is 0. The molecule has 2 aliphatic rings. The zero-order valence-corrected chi connectivity index (χ0v) is 24.8. The van der Waals surface area contributed by atoms with Crippen molar-refractivity contribution in [2.45, 2.75) is 43.9 Å². The molecule has 0 bridgehead atoms. The highest BCUT2D eigenvalue weighted by Gasteiger charge is 2.34. The second-order valence-electron chi connectivity index (χ2n) is 11.7. The summed E-state index contributed by atoms with van der Waals surface area (Å²) in [6.07, 6.45) is 0.960. The number of nitrogens with one attached hydrogen (secondary N) is 1. The molecule has 0 radical (unpaired) electrons. The number of amides is 2. The summed E-state index contributed by atoms with van der Waals surface area (Å²) in [5.74, 6) is -0.411. The van der Waals surface area contributed by atoms with Crippen molar-refractivity contribution in [2.75, 3.05) is 18.8 Å². The van der Waals surface area contributed by atoms with E-state index in [1.54, 1.807) is 16.8 Å². The number of piperidine rings is 2. The van der Waals surface area contributed by atoms with Crippen LogP contribution in [-0.2, 0) is 16.1 Å². The summed E-state index contributed by atoms with van der Waals surface area (Å²) in [6.45, 7) is 1.01. The minimum absolute atomic E-state index is 0.115. The van der Waals surface area contributed by atoms with Crippen molar-refractivity contribution in [1.29, 1.82) is 0 Å². The van der Waals surface area contributed by atoms with E-state index in [1.165, 1.54) is 12.4 Å². The molecule has 234 valence electrons. The molecule has 1 unspecified atom stereocenters. The molecule has 46 heavy (non-hydrogen) atoms. The maximum absolute atomic E-state index is 15.9. The van der Waals surface area contributed by atoms with Gasteiger partial charge in [-0.1, -0.05) is 30.3 Å². The van der Waals surface area contributed by atoms with Crippen LogP contribution < -0.4 is 15.8 Å². The second kappa shape index (κ2) is 12.3. The van der Waals surface area contributed by atoms with Crippen molar-refractivity contribution < 1.29 is 23.1 Å². The Kier molecular flexibility index (Phi) is 7.87. The predicted octanol–water partition coefficient (Wildman–Crippen LogP) is 5.31. The van der Waals surface area contributed by atoms with E-state index in [0.717, 1.165) is 11.3 Å². The minimum Gasteiger partial charge on any atom is -0.457 e. The third-order valence-corrected chi connectivity index (χ3v) is 8.62. The number of carbonyl (C=O) groups is 2. The Morgan fingerprint density at radius 2 is 1.76 bits per heavy atom. The van der Waals surface area contributed by atoms with E-state index in [2.05, 4.69) is 15.3 Å². The second-order valence-corrected chi connectivity index (χ2v) is 11.7. The zero-order chi connectivity index (χ0) is 31.8. The molecule has 0 saturated carbocycles. The van der Waals surface area contributed by atoms with Gasteiger partial charge in [-0.3, -0.25) is 19.8 Å². The Morgan fingerprint density at radius 3 is 2.50 bits per heavy atom. The number of nitrogen functional groups attached to an aromatic ring is 1. The number of nitrogens with zero attached hydrogens (tertiary/aromatic N) is 5. The van der Waals surface area contributed by atoms with Crippen LogP contribution in [0.25, 0.3) is 22.3 Å². The average molecular weight is 624 g/mol. The van der Waals surface area contributed by atoms with E-state index in [9.17, 15) is 9.59 Å². The van der Waals surface area contributed by atoms with Crippen LogP contribution in [0.15, 0.2) is 79.1 Å². The first-order valence-corrected chi connectivity index (χ1v) is 15.1. The number of carbonyl (C=O) groups excluding carboxylic acids is 2. The fraction of sp³-hybridized carbons (Fsp3) is 0.265. The number of rotatable bonds is 7. The molecule has 2 amide bonds. The highest BCUT2D eigenvalue weighted by atomic mass is 19.1. The number of para-hydroxylation sites is 1. The third-order valence-electron chi connectivity index (χ3n) is 8.62. The van der Waals surface area contributed by atoms with Gasteiger partial charge in [0.15, 0.2) is 5.65 Å². The number of likely N-dealkylation sites (tertiary alicyclic amines) is 1. The van der Waals surface area contributed by atoms with E-state index in [-0.39, 0.29) is 36.7 Å². The van der Waals surface area contributed by atoms with Gasteiger partial charge in [-0.2, -0.15) is 5.10 Å². The Bertz CT molecular complexity index is 1920. The highest BCUT2D eigenvalue weighted by molar-refractivity contribution is 6.01. The summed E-state index contributed by atoms with van der Waals surface area (Å²) in [7, 11) is 0. The molecule has 3 aromatic carbocycles. The zero-order valence-electron chi connectivity index (χ0n) is 24.8. The van der Waals surface area contributed by atoms with Gasteiger partial charge in [0.2, 0.25) is 11.8 Å². The SMILES string of the molecule is Nc1ncnc2c1c(-c1ccc(Oc3ccccc3)cc1)nn2[C@H]1CCN(Cc2ccc(C3CCC(=O)NC3=O)c(F)c2)C[C@H]1F. The van der Waals surface area contributed by atoms with Crippen LogP contribution >= 0.6 is 0 Å². The molecular formula is C34H31F2N7O3. The van der Waals surface area contributed by atoms with Crippen molar-refractivity contribution >= 4 is 28.7 Å². The van der Waals surface area contributed by atoms with E-state index in [4.69, 9.17) is 15.6 Å². The van der Waals surface area contributed by atoms with Crippen LogP contribution in [0.1, 0.15) is 42.3 Å². The number of imide groups is 1. The number of hydrogen-bond acceptors (Lipinski definition) is 8. The third kappa shape index (κ3) is 5.79. The molecular weight excluding hydrogens is 592 g/mol. The summed E-state index contributed by atoms with van der Waals surface area (Å²) in [5.41, 5.74) is 9.01. The lowest BCUT2D eigenvalue weighted by molar-refractivity contribution is -0.134. The number of aromatic nitrogens is 4.